The molecule has 112 valence electrons. The molecule has 0 fully saturated rings. The second-order valence-electron chi connectivity index (χ2n) is 4.88. The van der Waals surface area contributed by atoms with Gasteiger partial charge in [0, 0.05) is 5.56 Å². The van der Waals surface area contributed by atoms with Crippen molar-refractivity contribution in [2.24, 2.45) is 0 Å². The Bertz CT molecular complexity index is 709. The Kier molecular flexibility index (Phi) is 5.44. The molecule has 22 heavy (non-hydrogen) atoms. The van der Waals surface area contributed by atoms with Crippen molar-refractivity contribution in [3.05, 3.63) is 83.9 Å². The zero-order valence-corrected chi connectivity index (χ0v) is 12.7. The summed E-state index contributed by atoms with van der Waals surface area (Å²) in [6.45, 7) is 0.220. The van der Waals surface area contributed by atoms with Gasteiger partial charge in [-0.2, -0.15) is 5.10 Å². The van der Waals surface area contributed by atoms with Crippen LogP contribution >= 0.6 is 12.4 Å². The molecule has 0 radical (unpaired) electrons. The predicted octanol–water partition coefficient (Wildman–Crippen LogP) is 3.17. The van der Waals surface area contributed by atoms with Crippen molar-refractivity contribution in [3.63, 3.8) is 0 Å². The SMILES string of the molecule is Cl.O=C(Cn1cncn1)c1ccc(Cc2ccccc2)cc1. The highest BCUT2D eigenvalue weighted by Gasteiger charge is 2.07. The smallest absolute Gasteiger partial charge is 0.184 e. The van der Waals surface area contributed by atoms with E-state index < -0.39 is 0 Å². The van der Waals surface area contributed by atoms with Crippen molar-refractivity contribution in [1.29, 1.82) is 0 Å². The molecule has 0 spiro atoms. The minimum Gasteiger partial charge on any atom is -0.292 e. The Balaban J connectivity index is 0.00000176. The van der Waals surface area contributed by atoms with Crippen molar-refractivity contribution in [1.82, 2.24) is 14.8 Å². The number of carbonyl (C=O) groups is 1. The molecule has 2 aromatic carbocycles. The molecule has 1 aromatic heterocycles. The van der Waals surface area contributed by atoms with Gasteiger partial charge in [0.15, 0.2) is 5.78 Å². The number of ketones is 1. The van der Waals surface area contributed by atoms with Gasteiger partial charge in [-0.15, -0.1) is 12.4 Å². The van der Waals surface area contributed by atoms with Gasteiger partial charge in [-0.3, -0.25) is 4.79 Å². The molecule has 0 unspecified atom stereocenters. The molecule has 0 N–H and O–H groups in total. The summed E-state index contributed by atoms with van der Waals surface area (Å²) < 4.78 is 1.53. The largest absolute Gasteiger partial charge is 0.292 e. The third kappa shape index (κ3) is 4.02. The maximum Gasteiger partial charge on any atom is 0.184 e. The van der Waals surface area contributed by atoms with E-state index in [2.05, 4.69) is 22.2 Å². The average molecular weight is 314 g/mol. The fourth-order valence-corrected chi connectivity index (χ4v) is 2.19. The van der Waals surface area contributed by atoms with Crippen molar-refractivity contribution in [2.45, 2.75) is 13.0 Å². The number of halogens is 1. The van der Waals surface area contributed by atoms with Gasteiger partial charge in [0.1, 0.15) is 19.2 Å². The Morgan fingerprint density at radius 1 is 0.955 bits per heavy atom. The second kappa shape index (κ2) is 7.52. The van der Waals surface area contributed by atoms with E-state index in [-0.39, 0.29) is 24.7 Å². The summed E-state index contributed by atoms with van der Waals surface area (Å²) in [5, 5.41) is 3.94. The summed E-state index contributed by atoms with van der Waals surface area (Å²) in [5.74, 6) is 0.0340. The minimum atomic E-state index is 0. The van der Waals surface area contributed by atoms with E-state index in [1.807, 2.05) is 42.5 Å². The molecule has 0 aliphatic rings. The summed E-state index contributed by atoms with van der Waals surface area (Å²) in [6, 6.07) is 18.0. The summed E-state index contributed by atoms with van der Waals surface area (Å²) >= 11 is 0. The standard InChI is InChI=1S/C17H15N3O.ClH/c21-17(11-20-13-18-12-19-20)16-8-6-15(7-9-16)10-14-4-2-1-3-5-14;/h1-9,12-13H,10-11H2;1H. The quantitative estimate of drug-likeness (QED) is 0.680. The number of hydrogen-bond donors (Lipinski definition) is 0. The molecule has 0 aliphatic carbocycles. The molecular formula is C17H16ClN3O. The summed E-state index contributed by atoms with van der Waals surface area (Å²) in [5.41, 5.74) is 3.15. The number of aromatic nitrogens is 3. The molecule has 3 rings (SSSR count). The van der Waals surface area contributed by atoms with Crippen molar-refractivity contribution < 1.29 is 4.79 Å². The van der Waals surface area contributed by atoms with E-state index in [1.165, 1.54) is 22.1 Å². The second-order valence-corrected chi connectivity index (χ2v) is 4.88. The molecule has 5 heteroatoms. The third-order valence-electron chi connectivity index (χ3n) is 3.30. The Morgan fingerprint density at radius 2 is 1.64 bits per heavy atom. The van der Waals surface area contributed by atoms with Crippen LogP contribution < -0.4 is 0 Å². The average Bonchev–Trinajstić information content (AvgIpc) is 3.02. The predicted molar refractivity (Wildman–Crippen MR) is 87.3 cm³/mol. The number of benzene rings is 2. The lowest BCUT2D eigenvalue weighted by Gasteiger charge is -2.04. The highest BCUT2D eigenvalue weighted by Crippen LogP contribution is 2.11. The van der Waals surface area contributed by atoms with Crippen molar-refractivity contribution >= 4 is 18.2 Å². The van der Waals surface area contributed by atoms with Gasteiger partial charge in [0.2, 0.25) is 0 Å². The molecule has 0 bridgehead atoms. The van der Waals surface area contributed by atoms with Gasteiger partial charge in [-0.25, -0.2) is 9.67 Å². The van der Waals surface area contributed by atoms with Gasteiger partial charge in [-0.1, -0.05) is 54.6 Å². The zero-order chi connectivity index (χ0) is 14.5. The van der Waals surface area contributed by atoms with Crippen LogP contribution in [0.25, 0.3) is 0 Å². The van der Waals surface area contributed by atoms with E-state index in [0.29, 0.717) is 5.56 Å². The molecule has 3 aromatic rings. The normalized spacial score (nSPS) is 10.0. The van der Waals surface area contributed by atoms with Gasteiger partial charge >= 0.3 is 0 Å². The highest BCUT2D eigenvalue weighted by atomic mass is 35.5. The first kappa shape index (κ1) is 15.9. The fraction of sp³-hybridized carbons (Fsp3) is 0.118. The van der Waals surface area contributed by atoms with Crippen molar-refractivity contribution in [3.8, 4) is 0 Å². The fourth-order valence-electron chi connectivity index (χ4n) is 2.19. The maximum absolute atomic E-state index is 12.1. The topological polar surface area (TPSA) is 47.8 Å². The van der Waals surface area contributed by atoms with Crippen LogP contribution in [0.2, 0.25) is 0 Å². The first-order valence-corrected chi connectivity index (χ1v) is 6.80. The maximum atomic E-state index is 12.1. The van der Waals surface area contributed by atoms with Crippen LogP contribution in [0, 0.1) is 0 Å². The van der Waals surface area contributed by atoms with Crippen LogP contribution in [0.15, 0.2) is 67.3 Å². The molecule has 1 heterocycles. The number of rotatable bonds is 5. The van der Waals surface area contributed by atoms with E-state index >= 15 is 0 Å². The van der Waals surface area contributed by atoms with Crippen LogP contribution in [-0.4, -0.2) is 20.5 Å². The number of nitrogens with zero attached hydrogens (tertiary/aromatic N) is 3. The van der Waals surface area contributed by atoms with Crippen LogP contribution in [0.3, 0.4) is 0 Å². The van der Waals surface area contributed by atoms with E-state index in [9.17, 15) is 4.79 Å². The molecule has 0 amide bonds. The molecule has 0 saturated carbocycles. The van der Waals surface area contributed by atoms with E-state index in [0.717, 1.165) is 6.42 Å². The Labute approximate surface area is 135 Å². The Hall–Kier alpha value is -2.46. The van der Waals surface area contributed by atoms with Gasteiger partial charge in [-0.05, 0) is 17.5 Å². The number of hydrogen-bond acceptors (Lipinski definition) is 3. The molecule has 0 saturated heterocycles. The lowest BCUT2D eigenvalue weighted by molar-refractivity contribution is 0.0967. The molecular weight excluding hydrogens is 298 g/mol. The van der Waals surface area contributed by atoms with Gasteiger partial charge in [0.05, 0.1) is 0 Å². The summed E-state index contributed by atoms with van der Waals surface area (Å²) in [7, 11) is 0. The Morgan fingerprint density at radius 3 is 2.27 bits per heavy atom. The molecule has 0 aliphatic heterocycles. The summed E-state index contributed by atoms with van der Waals surface area (Å²) in [6.07, 6.45) is 3.84. The molecule has 4 nitrogen and oxygen atoms in total. The van der Waals surface area contributed by atoms with Crippen molar-refractivity contribution in [2.75, 3.05) is 0 Å². The first-order valence-electron chi connectivity index (χ1n) is 6.80. The first-order chi connectivity index (χ1) is 10.3. The van der Waals surface area contributed by atoms with E-state index in [4.69, 9.17) is 0 Å². The van der Waals surface area contributed by atoms with Crippen LogP contribution in [0.5, 0.6) is 0 Å². The monoisotopic (exact) mass is 313 g/mol. The summed E-state index contributed by atoms with van der Waals surface area (Å²) in [4.78, 5) is 15.9. The zero-order valence-electron chi connectivity index (χ0n) is 11.9. The van der Waals surface area contributed by atoms with Crippen LogP contribution in [0.4, 0.5) is 0 Å². The lowest BCUT2D eigenvalue weighted by Crippen LogP contribution is -2.10. The van der Waals surface area contributed by atoms with Crippen LogP contribution in [0.1, 0.15) is 21.5 Å². The van der Waals surface area contributed by atoms with Crippen LogP contribution in [-0.2, 0) is 13.0 Å². The number of Topliss-reactive ketones (excluding diaryl/α,β-unsaturated/α-hetero) is 1. The highest BCUT2D eigenvalue weighted by molar-refractivity contribution is 5.95. The lowest BCUT2D eigenvalue weighted by atomic mass is 10.0. The van der Waals surface area contributed by atoms with Gasteiger partial charge < -0.3 is 0 Å². The van der Waals surface area contributed by atoms with E-state index in [1.54, 1.807) is 6.33 Å². The molecule has 0 atom stereocenters. The minimum absolute atomic E-state index is 0. The number of carbonyl (C=O) groups excluding carboxylic acids is 1. The third-order valence-corrected chi connectivity index (χ3v) is 3.30. The van der Waals surface area contributed by atoms with Gasteiger partial charge in [0.25, 0.3) is 0 Å².